The standard InChI is InChI=1S/C20H26ClNO4/c1-6-10-26-20(25)14-8-7-9-16(17(14)21)22-11-15(18(23)12(2)3)19(24)13(4)5/h7-9,11-13,23H,6,10H2,1-5H3. The van der Waals surface area contributed by atoms with Crippen LogP contribution in [0.5, 0.6) is 0 Å². The van der Waals surface area contributed by atoms with Crippen LogP contribution < -0.4 is 0 Å². The molecule has 0 aliphatic carbocycles. The number of Topliss-reactive ketones (excluding diaryl/α,β-unsaturated/α-hetero) is 1. The molecule has 0 aliphatic heterocycles. The maximum absolute atomic E-state index is 12.4. The fourth-order valence-electron chi connectivity index (χ4n) is 2.06. The molecule has 0 aromatic heterocycles. The molecule has 26 heavy (non-hydrogen) atoms. The number of rotatable bonds is 8. The van der Waals surface area contributed by atoms with Crippen LogP contribution >= 0.6 is 11.6 Å². The highest BCUT2D eigenvalue weighted by Crippen LogP contribution is 2.29. The lowest BCUT2D eigenvalue weighted by Gasteiger charge is -2.11. The summed E-state index contributed by atoms with van der Waals surface area (Å²) in [6, 6.07) is 4.82. The van der Waals surface area contributed by atoms with Gasteiger partial charge in [0.1, 0.15) is 5.76 Å². The predicted octanol–water partition coefficient (Wildman–Crippen LogP) is 5.30. The van der Waals surface area contributed by atoms with Gasteiger partial charge in [0.15, 0.2) is 5.78 Å². The summed E-state index contributed by atoms with van der Waals surface area (Å²) in [5.41, 5.74) is 0.678. The van der Waals surface area contributed by atoms with Crippen molar-refractivity contribution in [1.29, 1.82) is 0 Å². The maximum atomic E-state index is 12.4. The molecule has 0 spiro atoms. The van der Waals surface area contributed by atoms with E-state index in [4.69, 9.17) is 16.3 Å². The van der Waals surface area contributed by atoms with Crippen LogP contribution in [-0.4, -0.2) is 29.7 Å². The Morgan fingerprint density at radius 1 is 1.23 bits per heavy atom. The maximum Gasteiger partial charge on any atom is 0.339 e. The summed E-state index contributed by atoms with van der Waals surface area (Å²) in [4.78, 5) is 28.7. The van der Waals surface area contributed by atoms with Crippen molar-refractivity contribution in [1.82, 2.24) is 0 Å². The van der Waals surface area contributed by atoms with Crippen LogP contribution in [0.15, 0.2) is 34.5 Å². The second kappa shape index (κ2) is 10.1. The van der Waals surface area contributed by atoms with E-state index < -0.39 is 5.97 Å². The number of benzene rings is 1. The Hall–Kier alpha value is -2.14. The number of carbonyl (C=O) groups is 2. The number of halogens is 1. The molecule has 0 amide bonds. The minimum absolute atomic E-state index is 0.0258. The quantitative estimate of drug-likeness (QED) is 0.287. The summed E-state index contributed by atoms with van der Waals surface area (Å²) >= 11 is 6.27. The summed E-state index contributed by atoms with van der Waals surface area (Å²) in [6.07, 6.45) is 2.02. The van der Waals surface area contributed by atoms with Gasteiger partial charge in [-0.15, -0.1) is 0 Å². The van der Waals surface area contributed by atoms with E-state index in [0.29, 0.717) is 18.7 Å². The Morgan fingerprint density at radius 3 is 2.42 bits per heavy atom. The third kappa shape index (κ3) is 5.70. The molecular formula is C20H26ClNO4. The number of ketones is 1. The number of allylic oxidation sites excluding steroid dienone is 2. The van der Waals surface area contributed by atoms with Crippen LogP contribution in [0.25, 0.3) is 0 Å². The summed E-state index contributed by atoms with van der Waals surface area (Å²) in [6.45, 7) is 9.28. The molecule has 5 nitrogen and oxygen atoms in total. The Bertz CT molecular complexity index is 721. The second-order valence-electron chi connectivity index (χ2n) is 6.51. The zero-order valence-electron chi connectivity index (χ0n) is 15.9. The van der Waals surface area contributed by atoms with Crippen molar-refractivity contribution in [3.8, 4) is 0 Å². The molecule has 0 radical (unpaired) electrons. The lowest BCUT2D eigenvalue weighted by atomic mass is 9.97. The molecule has 1 N–H and O–H groups in total. The van der Waals surface area contributed by atoms with Crippen molar-refractivity contribution >= 4 is 35.3 Å². The topological polar surface area (TPSA) is 76.0 Å². The van der Waals surface area contributed by atoms with Crippen molar-refractivity contribution < 1.29 is 19.4 Å². The lowest BCUT2D eigenvalue weighted by molar-refractivity contribution is -0.117. The zero-order valence-corrected chi connectivity index (χ0v) is 16.6. The molecular weight excluding hydrogens is 354 g/mol. The first-order valence-corrected chi connectivity index (χ1v) is 9.05. The fraction of sp³-hybridized carbons (Fsp3) is 0.450. The highest BCUT2D eigenvalue weighted by molar-refractivity contribution is 6.36. The summed E-state index contributed by atoms with van der Waals surface area (Å²) in [5.74, 6) is -1.27. The Balaban J connectivity index is 3.25. The third-order valence-electron chi connectivity index (χ3n) is 3.58. The van der Waals surface area contributed by atoms with Gasteiger partial charge in [0.05, 0.1) is 28.5 Å². The van der Waals surface area contributed by atoms with Gasteiger partial charge >= 0.3 is 5.97 Å². The average Bonchev–Trinajstić information content (AvgIpc) is 2.60. The van der Waals surface area contributed by atoms with E-state index >= 15 is 0 Å². The number of aliphatic hydroxyl groups excluding tert-OH is 1. The summed E-state index contributed by atoms with van der Waals surface area (Å²) in [5, 5.41) is 10.4. The predicted molar refractivity (Wildman–Crippen MR) is 105 cm³/mol. The fourth-order valence-corrected chi connectivity index (χ4v) is 2.31. The molecule has 0 aliphatic rings. The Morgan fingerprint density at radius 2 is 1.88 bits per heavy atom. The van der Waals surface area contributed by atoms with E-state index in [2.05, 4.69) is 4.99 Å². The van der Waals surface area contributed by atoms with Crippen molar-refractivity contribution in [2.75, 3.05) is 6.61 Å². The van der Waals surface area contributed by atoms with Crippen LogP contribution in [0.4, 0.5) is 5.69 Å². The van der Waals surface area contributed by atoms with Gasteiger partial charge in [-0.3, -0.25) is 9.79 Å². The first kappa shape index (κ1) is 21.9. The van der Waals surface area contributed by atoms with Gasteiger partial charge in [0.2, 0.25) is 0 Å². The molecule has 0 fully saturated rings. The van der Waals surface area contributed by atoms with Crippen LogP contribution in [0, 0.1) is 11.8 Å². The lowest BCUT2D eigenvalue weighted by Crippen LogP contribution is -2.15. The molecule has 0 bridgehead atoms. The average molecular weight is 380 g/mol. The van der Waals surface area contributed by atoms with E-state index in [1.54, 1.807) is 45.9 Å². The number of aliphatic imine (C=N–C) groups is 1. The smallest absolute Gasteiger partial charge is 0.339 e. The van der Waals surface area contributed by atoms with Gasteiger partial charge in [-0.2, -0.15) is 0 Å². The third-order valence-corrected chi connectivity index (χ3v) is 3.98. The number of hydrogen-bond acceptors (Lipinski definition) is 5. The molecule has 0 heterocycles. The Labute approximate surface area is 159 Å². The minimum Gasteiger partial charge on any atom is -0.511 e. The van der Waals surface area contributed by atoms with Gasteiger partial charge in [0.25, 0.3) is 0 Å². The van der Waals surface area contributed by atoms with E-state index in [-0.39, 0.29) is 39.5 Å². The number of aliphatic hydroxyl groups is 1. The molecule has 0 saturated carbocycles. The second-order valence-corrected chi connectivity index (χ2v) is 6.88. The molecule has 1 rings (SSSR count). The van der Waals surface area contributed by atoms with E-state index in [9.17, 15) is 14.7 Å². The van der Waals surface area contributed by atoms with Gasteiger partial charge in [0, 0.05) is 18.1 Å². The van der Waals surface area contributed by atoms with Gasteiger partial charge in [-0.05, 0) is 18.6 Å². The van der Waals surface area contributed by atoms with Crippen molar-refractivity contribution in [3.05, 3.63) is 40.1 Å². The molecule has 0 atom stereocenters. The van der Waals surface area contributed by atoms with Crippen LogP contribution in [-0.2, 0) is 9.53 Å². The normalized spacial score (nSPS) is 12.6. The number of ether oxygens (including phenoxy) is 1. The number of nitrogens with zero attached hydrogens (tertiary/aromatic N) is 1. The monoisotopic (exact) mass is 379 g/mol. The largest absolute Gasteiger partial charge is 0.511 e. The van der Waals surface area contributed by atoms with E-state index in [1.165, 1.54) is 6.21 Å². The van der Waals surface area contributed by atoms with Gasteiger partial charge < -0.3 is 9.84 Å². The highest BCUT2D eigenvalue weighted by Gasteiger charge is 2.19. The molecule has 6 heteroatoms. The first-order valence-electron chi connectivity index (χ1n) is 8.67. The van der Waals surface area contributed by atoms with Gasteiger partial charge in [-0.25, -0.2) is 4.79 Å². The molecule has 142 valence electrons. The van der Waals surface area contributed by atoms with Crippen LogP contribution in [0.2, 0.25) is 5.02 Å². The number of carbonyl (C=O) groups excluding carboxylic acids is 2. The van der Waals surface area contributed by atoms with Crippen molar-refractivity contribution in [3.63, 3.8) is 0 Å². The zero-order chi connectivity index (χ0) is 19.9. The molecule has 1 aromatic rings. The molecule has 0 unspecified atom stereocenters. The summed E-state index contributed by atoms with van der Waals surface area (Å²) < 4.78 is 5.10. The van der Waals surface area contributed by atoms with E-state index in [0.717, 1.165) is 0 Å². The highest BCUT2D eigenvalue weighted by atomic mass is 35.5. The van der Waals surface area contributed by atoms with Crippen LogP contribution in [0.1, 0.15) is 51.4 Å². The van der Waals surface area contributed by atoms with Crippen molar-refractivity contribution in [2.45, 2.75) is 41.0 Å². The minimum atomic E-state index is -0.520. The van der Waals surface area contributed by atoms with Gasteiger partial charge in [-0.1, -0.05) is 52.3 Å². The van der Waals surface area contributed by atoms with Crippen molar-refractivity contribution in [2.24, 2.45) is 16.8 Å². The SMILES string of the molecule is CCCOC(=O)c1cccc(N=CC(C(=O)C(C)C)=C(O)C(C)C)c1Cl. The van der Waals surface area contributed by atoms with E-state index in [1.807, 2.05) is 6.92 Å². The Kier molecular flexibility index (Phi) is 8.52. The number of hydrogen-bond donors (Lipinski definition) is 1. The number of esters is 1. The molecule has 1 aromatic carbocycles. The first-order chi connectivity index (χ1) is 12.2. The summed E-state index contributed by atoms with van der Waals surface area (Å²) in [7, 11) is 0. The van der Waals surface area contributed by atoms with Crippen LogP contribution in [0.3, 0.4) is 0 Å². The molecule has 0 saturated heterocycles.